The number of nitrogens with two attached hydrogens (primary N) is 1. The third kappa shape index (κ3) is 2.10. The zero-order valence-corrected chi connectivity index (χ0v) is 11.7. The molecule has 0 saturated heterocycles. The number of halogens is 1. The smallest absolute Gasteiger partial charge is 0.108 e. The van der Waals surface area contributed by atoms with E-state index in [9.17, 15) is 0 Å². The minimum Gasteiger partial charge on any atom is -0.469 e. The molecule has 0 radical (unpaired) electrons. The zero-order chi connectivity index (χ0) is 11.7. The Hall–Kier alpha value is -0.580. The molecule has 2 heterocycles. The molecule has 0 saturated carbocycles. The fraction of sp³-hybridized carbons (Fsp3) is 0.333. The molecule has 0 aliphatic carbocycles. The molecule has 16 heavy (non-hydrogen) atoms. The first kappa shape index (κ1) is 11.9. The first-order chi connectivity index (χ1) is 7.63. The lowest BCUT2D eigenvalue weighted by Gasteiger charge is -2.08. The molecule has 2 rings (SSSR count). The Labute approximate surface area is 108 Å². The van der Waals surface area contributed by atoms with Gasteiger partial charge in [-0.25, -0.2) is 0 Å². The zero-order valence-electron chi connectivity index (χ0n) is 9.29. The summed E-state index contributed by atoms with van der Waals surface area (Å²) in [6.07, 6.45) is 2.59. The summed E-state index contributed by atoms with van der Waals surface area (Å²) in [5.74, 6) is 0.981. The van der Waals surface area contributed by atoms with Gasteiger partial charge in [-0.3, -0.25) is 0 Å². The lowest BCUT2D eigenvalue weighted by atomic mass is 10.1. The van der Waals surface area contributed by atoms with Gasteiger partial charge in [0.15, 0.2) is 0 Å². The SMILES string of the molecule is CCc1occc1C(N)c1cc(C)c(Br)s1. The van der Waals surface area contributed by atoms with Gasteiger partial charge in [-0.15, -0.1) is 11.3 Å². The molecular formula is C12H14BrNOS. The molecule has 0 fully saturated rings. The van der Waals surface area contributed by atoms with E-state index in [4.69, 9.17) is 10.2 Å². The summed E-state index contributed by atoms with van der Waals surface area (Å²) in [7, 11) is 0. The summed E-state index contributed by atoms with van der Waals surface area (Å²) in [6, 6.07) is 4.02. The second-order valence-corrected chi connectivity index (χ2v) is 6.14. The van der Waals surface area contributed by atoms with Crippen LogP contribution in [0.4, 0.5) is 0 Å². The molecule has 0 aliphatic heterocycles. The predicted octanol–water partition coefficient (Wildman–Crippen LogP) is 4.02. The Balaban J connectivity index is 2.35. The monoisotopic (exact) mass is 299 g/mol. The van der Waals surface area contributed by atoms with Gasteiger partial charge in [-0.2, -0.15) is 0 Å². The molecule has 0 spiro atoms. The molecule has 1 unspecified atom stereocenters. The van der Waals surface area contributed by atoms with Gasteiger partial charge in [-0.1, -0.05) is 6.92 Å². The van der Waals surface area contributed by atoms with Crippen LogP contribution in [0.15, 0.2) is 26.6 Å². The topological polar surface area (TPSA) is 39.2 Å². The molecule has 2 aromatic heterocycles. The van der Waals surface area contributed by atoms with E-state index in [-0.39, 0.29) is 6.04 Å². The fourth-order valence-electron chi connectivity index (χ4n) is 1.71. The predicted molar refractivity (Wildman–Crippen MR) is 70.9 cm³/mol. The van der Waals surface area contributed by atoms with Crippen LogP contribution in [0.1, 0.15) is 34.7 Å². The van der Waals surface area contributed by atoms with E-state index < -0.39 is 0 Å². The van der Waals surface area contributed by atoms with E-state index in [0.29, 0.717) is 0 Å². The average molecular weight is 300 g/mol. The molecule has 0 bridgehead atoms. The highest BCUT2D eigenvalue weighted by atomic mass is 79.9. The Morgan fingerprint density at radius 3 is 2.88 bits per heavy atom. The van der Waals surface area contributed by atoms with Gasteiger partial charge >= 0.3 is 0 Å². The van der Waals surface area contributed by atoms with Crippen molar-refractivity contribution in [3.63, 3.8) is 0 Å². The Kier molecular flexibility index (Phi) is 3.52. The summed E-state index contributed by atoms with van der Waals surface area (Å²) < 4.78 is 6.56. The lowest BCUT2D eigenvalue weighted by molar-refractivity contribution is 0.509. The molecule has 2 aromatic rings. The molecule has 86 valence electrons. The van der Waals surface area contributed by atoms with Crippen molar-refractivity contribution < 1.29 is 4.42 Å². The summed E-state index contributed by atoms with van der Waals surface area (Å²) in [4.78, 5) is 1.17. The van der Waals surface area contributed by atoms with Gasteiger partial charge in [0.2, 0.25) is 0 Å². The second kappa shape index (κ2) is 4.73. The van der Waals surface area contributed by atoms with E-state index >= 15 is 0 Å². The number of aryl methyl sites for hydroxylation is 2. The Morgan fingerprint density at radius 1 is 1.56 bits per heavy atom. The maximum atomic E-state index is 6.25. The molecule has 2 N–H and O–H groups in total. The van der Waals surface area contributed by atoms with Gasteiger partial charge in [0.1, 0.15) is 5.76 Å². The van der Waals surface area contributed by atoms with Gasteiger partial charge < -0.3 is 10.2 Å². The van der Waals surface area contributed by atoms with Crippen molar-refractivity contribution >= 4 is 27.3 Å². The number of rotatable bonds is 3. The molecule has 0 aliphatic rings. The Morgan fingerprint density at radius 2 is 2.31 bits per heavy atom. The van der Waals surface area contributed by atoms with Gasteiger partial charge in [0, 0.05) is 16.9 Å². The van der Waals surface area contributed by atoms with Gasteiger partial charge in [-0.05, 0) is 40.5 Å². The molecule has 0 amide bonds. The first-order valence-electron chi connectivity index (χ1n) is 5.21. The first-order valence-corrected chi connectivity index (χ1v) is 6.82. The molecule has 1 atom stereocenters. The van der Waals surface area contributed by atoms with Crippen LogP contribution in [0.2, 0.25) is 0 Å². The summed E-state index contributed by atoms with van der Waals surface area (Å²) in [6.45, 7) is 4.15. The highest BCUT2D eigenvalue weighted by Gasteiger charge is 2.17. The summed E-state index contributed by atoms with van der Waals surface area (Å²) in [5.41, 5.74) is 8.58. The average Bonchev–Trinajstić information content (AvgIpc) is 2.85. The van der Waals surface area contributed by atoms with Crippen molar-refractivity contribution in [3.05, 3.63) is 43.9 Å². The van der Waals surface area contributed by atoms with E-state index in [1.807, 2.05) is 6.07 Å². The quantitative estimate of drug-likeness (QED) is 0.929. The van der Waals surface area contributed by atoms with E-state index in [2.05, 4.69) is 35.8 Å². The van der Waals surface area contributed by atoms with Gasteiger partial charge in [0.25, 0.3) is 0 Å². The minimum absolute atomic E-state index is 0.0799. The summed E-state index contributed by atoms with van der Waals surface area (Å²) in [5, 5.41) is 0. The second-order valence-electron chi connectivity index (χ2n) is 3.74. The van der Waals surface area contributed by atoms with Crippen molar-refractivity contribution in [2.45, 2.75) is 26.3 Å². The van der Waals surface area contributed by atoms with Crippen LogP contribution in [-0.2, 0) is 6.42 Å². The highest BCUT2D eigenvalue weighted by molar-refractivity contribution is 9.11. The molecular weight excluding hydrogens is 286 g/mol. The standard InChI is InChI=1S/C12H14BrNOS/c1-3-9-8(4-5-15-9)11(14)10-6-7(2)12(13)16-10/h4-6,11H,3,14H2,1-2H3. The number of furan rings is 1. The summed E-state index contributed by atoms with van der Waals surface area (Å²) >= 11 is 5.21. The van der Waals surface area contributed by atoms with Crippen LogP contribution in [0, 0.1) is 6.92 Å². The third-order valence-electron chi connectivity index (χ3n) is 2.62. The van der Waals surface area contributed by atoms with Gasteiger partial charge in [0.05, 0.1) is 16.1 Å². The molecule has 2 nitrogen and oxygen atoms in total. The molecule has 4 heteroatoms. The van der Waals surface area contributed by atoms with Crippen molar-refractivity contribution in [2.75, 3.05) is 0 Å². The normalized spacial score (nSPS) is 13.0. The maximum Gasteiger partial charge on any atom is 0.108 e. The van der Waals surface area contributed by atoms with Crippen LogP contribution in [-0.4, -0.2) is 0 Å². The van der Waals surface area contributed by atoms with Crippen molar-refractivity contribution in [3.8, 4) is 0 Å². The van der Waals surface area contributed by atoms with Crippen molar-refractivity contribution in [1.82, 2.24) is 0 Å². The van der Waals surface area contributed by atoms with Crippen LogP contribution in [0.5, 0.6) is 0 Å². The maximum absolute atomic E-state index is 6.25. The largest absolute Gasteiger partial charge is 0.469 e. The number of hydrogen-bond acceptors (Lipinski definition) is 3. The van der Waals surface area contributed by atoms with E-state index in [1.165, 1.54) is 10.4 Å². The van der Waals surface area contributed by atoms with Crippen LogP contribution < -0.4 is 5.73 Å². The number of thiophene rings is 1. The van der Waals surface area contributed by atoms with Crippen LogP contribution in [0.3, 0.4) is 0 Å². The van der Waals surface area contributed by atoms with Crippen LogP contribution in [0.25, 0.3) is 0 Å². The fourth-order valence-corrected chi connectivity index (χ4v) is 3.30. The highest BCUT2D eigenvalue weighted by Crippen LogP contribution is 2.34. The van der Waals surface area contributed by atoms with Crippen molar-refractivity contribution in [2.24, 2.45) is 5.73 Å². The van der Waals surface area contributed by atoms with E-state index in [1.54, 1.807) is 17.6 Å². The van der Waals surface area contributed by atoms with Crippen LogP contribution >= 0.6 is 27.3 Å². The molecule has 0 aromatic carbocycles. The Bertz CT molecular complexity index is 469. The minimum atomic E-state index is -0.0799. The lowest BCUT2D eigenvalue weighted by Crippen LogP contribution is -2.11. The van der Waals surface area contributed by atoms with E-state index in [0.717, 1.165) is 21.5 Å². The third-order valence-corrected chi connectivity index (χ3v) is 4.84. The number of hydrogen-bond donors (Lipinski definition) is 1. The van der Waals surface area contributed by atoms with Crippen molar-refractivity contribution in [1.29, 1.82) is 0 Å².